The number of aryl methyl sites for hydroxylation is 1. The number of methoxy groups -OCH3 is 1. The molecule has 1 aromatic heterocycles. The first kappa shape index (κ1) is 20.4. The number of esters is 1. The van der Waals surface area contributed by atoms with Gasteiger partial charge in [0.05, 0.1) is 13.2 Å². The van der Waals surface area contributed by atoms with E-state index in [2.05, 4.69) is 4.98 Å². The lowest BCUT2D eigenvalue weighted by molar-refractivity contribution is 0.0593. The SMILES string of the molecule is CCN(C(=O)c1ccc(F)cc1)[C@@H](C)C(=O)c1c(C)[nH]c(C(=O)OC)c1C. The van der Waals surface area contributed by atoms with Gasteiger partial charge in [0, 0.05) is 23.4 Å². The van der Waals surface area contributed by atoms with Crippen molar-refractivity contribution in [1.29, 1.82) is 0 Å². The van der Waals surface area contributed by atoms with Gasteiger partial charge in [-0.1, -0.05) is 0 Å². The maximum absolute atomic E-state index is 13.1. The van der Waals surface area contributed by atoms with Crippen LogP contribution in [-0.2, 0) is 4.74 Å². The van der Waals surface area contributed by atoms with Gasteiger partial charge in [0.15, 0.2) is 5.78 Å². The maximum Gasteiger partial charge on any atom is 0.354 e. The summed E-state index contributed by atoms with van der Waals surface area (Å²) in [6.45, 7) is 7.06. The van der Waals surface area contributed by atoms with Crippen molar-refractivity contribution in [2.45, 2.75) is 33.7 Å². The molecule has 0 aliphatic heterocycles. The van der Waals surface area contributed by atoms with Crippen LogP contribution < -0.4 is 0 Å². The molecule has 1 amide bonds. The normalized spacial score (nSPS) is 11.8. The number of carbonyl (C=O) groups is 3. The minimum atomic E-state index is -0.758. The summed E-state index contributed by atoms with van der Waals surface area (Å²) in [5.41, 5.74) is 1.92. The Morgan fingerprint density at radius 3 is 2.30 bits per heavy atom. The third-order valence-corrected chi connectivity index (χ3v) is 4.61. The molecule has 0 bridgehead atoms. The van der Waals surface area contributed by atoms with Crippen LogP contribution in [0.25, 0.3) is 0 Å². The van der Waals surface area contributed by atoms with E-state index in [0.717, 1.165) is 0 Å². The fourth-order valence-corrected chi connectivity index (χ4v) is 3.13. The number of hydrogen-bond acceptors (Lipinski definition) is 4. The number of nitrogens with one attached hydrogen (secondary N) is 1. The number of Topliss-reactive ketones (excluding diaryl/α,β-unsaturated/α-hetero) is 1. The highest BCUT2D eigenvalue weighted by Gasteiger charge is 2.30. The number of ether oxygens (including phenoxy) is 1. The Kier molecular flexibility index (Phi) is 6.15. The zero-order valence-electron chi connectivity index (χ0n) is 16.1. The van der Waals surface area contributed by atoms with E-state index in [1.165, 1.54) is 36.3 Å². The number of H-pyrrole nitrogens is 1. The average Bonchev–Trinajstić information content (AvgIpc) is 2.95. The standard InChI is InChI=1S/C20H23FN2O4/c1-6-23(19(25)14-7-9-15(21)10-8-14)13(4)18(24)16-11(2)17(20(26)27-5)22-12(16)3/h7-10,13,22H,6H2,1-5H3/t13-/m0/s1. The third-order valence-electron chi connectivity index (χ3n) is 4.61. The van der Waals surface area contributed by atoms with Crippen LogP contribution in [0.1, 0.15) is 56.3 Å². The number of carbonyl (C=O) groups excluding carboxylic acids is 3. The van der Waals surface area contributed by atoms with E-state index < -0.39 is 17.8 Å². The Balaban J connectivity index is 2.34. The van der Waals surface area contributed by atoms with Gasteiger partial charge in [-0.3, -0.25) is 9.59 Å². The first-order chi connectivity index (χ1) is 12.7. The molecule has 1 N–H and O–H groups in total. The Morgan fingerprint density at radius 1 is 1.19 bits per heavy atom. The molecule has 0 fully saturated rings. The molecule has 0 aliphatic rings. The summed E-state index contributed by atoms with van der Waals surface area (Å²) in [5.74, 6) is -1.64. The van der Waals surface area contributed by atoms with Crippen molar-refractivity contribution in [2.24, 2.45) is 0 Å². The van der Waals surface area contributed by atoms with Gasteiger partial charge < -0.3 is 14.6 Å². The van der Waals surface area contributed by atoms with E-state index >= 15 is 0 Å². The molecule has 2 rings (SSSR count). The summed E-state index contributed by atoms with van der Waals surface area (Å²) in [4.78, 5) is 42.0. The Bertz CT molecular complexity index is 871. The lowest BCUT2D eigenvalue weighted by Gasteiger charge is -2.27. The number of ketones is 1. The lowest BCUT2D eigenvalue weighted by Crippen LogP contribution is -2.43. The number of halogens is 1. The number of hydrogen-bond donors (Lipinski definition) is 1. The molecule has 0 spiro atoms. The molecule has 1 atom stereocenters. The summed E-state index contributed by atoms with van der Waals surface area (Å²) >= 11 is 0. The van der Waals surface area contributed by atoms with Crippen LogP contribution in [0.5, 0.6) is 0 Å². The molecule has 7 heteroatoms. The van der Waals surface area contributed by atoms with Gasteiger partial charge in [0.25, 0.3) is 5.91 Å². The molecular weight excluding hydrogens is 351 g/mol. The van der Waals surface area contributed by atoms with Crippen LogP contribution in [0.4, 0.5) is 4.39 Å². The predicted molar refractivity (Wildman–Crippen MR) is 98.5 cm³/mol. The highest BCUT2D eigenvalue weighted by Crippen LogP contribution is 2.22. The second-order valence-electron chi connectivity index (χ2n) is 6.25. The Morgan fingerprint density at radius 2 is 1.78 bits per heavy atom. The van der Waals surface area contributed by atoms with E-state index in [1.807, 2.05) is 0 Å². The van der Waals surface area contributed by atoms with Gasteiger partial charge >= 0.3 is 5.97 Å². The second-order valence-corrected chi connectivity index (χ2v) is 6.25. The van der Waals surface area contributed by atoms with Crippen LogP contribution in [0.3, 0.4) is 0 Å². The van der Waals surface area contributed by atoms with Gasteiger partial charge in [-0.2, -0.15) is 0 Å². The number of aromatic amines is 1. The fraction of sp³-hybridized carbons (Fsp3) is 0.350. The average molecular weight is 374 g/mol. The van der Waals surface area contributed by atoms with Crippen LogP contribution >= 0.6 is 0 Å². The molecule has 0 saturated carbocycles. The zero-order valence-corrected chi connectivity index (χ0v) is 16.1. The molecule has 1 aromatic carbocycles. The van der Waals surface area contributed by atoms with Crippen molar-refractivity contribution in [2.75, 3.05) is 13.7 Å². The number of benzene rings is 1. The molecule has 0 unspecified atom stereocenters. The van der Waals surface area contributed by atoms with Crippen LogP contribution in [-0.4, -0.2) is 47.2 Å². The van der Waals surface area contributed by atoms with Gasteiger partial charge in [-0.05, 0) is 57.5 Å². The second kappa shape index (κ2) is 8.16. The molecule has 2 aromatic rings. The van der Waals surface area contributed by atoms with Crippen LogP contribution in [0.15, 0.2) is 24.3 Å². The largest absolute Gasteiger partial charge is 0.464 e. The van der Waals surface area contributed by atoms with Gasteiger partial charge in [-0.15, -0.1) is 0 Å². The van der Waals surface area contributed by atoms with Crippen LogP contribution in [0, 0.1) is 19.7 Å². The quantitative estimate of drug-likeness (QED) is 0.622. The van der Waals surface area contributed by atoms with E-state index in [-0.39, 0.29) is 17.4 Å². The zero-order chi connectivity index (χ0) is 20.3. The van der Waals surface area contributed by atoms with Crippen molar-refractivity contribution >= 4 is 17.7 Å². The summed E-state index contributed by atoms with van der Waals surface area (Å²) in [6, 6.07) is 4.43. The Labute approximate surface area is 157 Å². The number of nitrogens with zero attached hydrogens (tertiary/aromatic N) is 1. The molecule has 144 valence electrons. The number of likely N-dealkylation sites (N-methyl/N-ethyl adjacent to an activating group) is 1. The van der Waals surface area contributed by atoms with E-state index in [1.54, 1.807) is 27.7 Å². The minimum Gasteiger partial charge on any atom is -0.464 e. The number of amides is 1. The molecule has 6 nitrogen and oxygen atoms in total. The topological polar surface area (TPSA) is 79.5 Å². The minimum absolute atomic E-state index is 0.221. The fourth-order valence-electron chi connectivity index (χ4n) is 3.13. The lowest BCUT2D eigenvalue weighted by atomic mass is 9.99. The monoisotopic (exact) mass is 374 g/mol. The van der Waals surface area contributed by atoms with Gasteiger partial charge in [0.2, 0.25) is 0 Å². The highest BCUT2D eigenvalue weighted by atomic mass is 19.1. The third kappa shape index (κ3) is 3.92. The first-order valence-electron chi connectivity index (χ1n) is 8.61. The first-order valence-corrected chi connectivity index (χ1v) is 8.61. The summed E-state index contributed by atoms with van der Waals surface area (Å²) in [7, 11) is 1.27. The van der Waals surface area contributed by atoms with E-state index in [0.29, 0.717) is 28.9 Å². The number of rotatable bonds is 6. The molecule has 0 aliphatic carbocycles. The summed E-state index contributed by atoms with van der Waals surface area (Å²) in [6.07, 6.45) is 0. The summed E-state index contributed by atoms with van der Waals surface area (Å²) in [5, 5.41) is 0. The molecule has 1 heterocycles. The van der Waals surface area contributed by atoms with Crippen molar-refractivity contribution in [3.63, 3.8) is 0 Å². The maximum atomic E-state index is 13.1. The van der Waals surface area contributed by atoms with Crippen molar-refractivity contribution < 1.29 is 23.5 Å². The van der Waals surface area contributed by atoms with Crippen molar-refractivity contribution in [3.05, 3.63) is 58.2 Å². The van der Waals surface area contributed by atoms with Crippen molar-refractivity contribution in [3.8, 4) is 0 Å². The highest BCUT2D eigenvalue weighted by molar-refractivity contribution is 6.07. The molecule has 0 saturated heterocycles. The molecular formula is C20H23FN2O4. The van der Waals surface area contributed by atoms with Gasteiger partial charge in [0.1, 0.15) is 11.5 Å². The Hall–Kier alpha value is -2.96. The molecule has 0 radical (unpaired) electrons. The number of aromatic nitrogens is 1. The molecule has 27 heavy (non-hydrogen) atoms. The predicted octanol–water partition coefficient (Wildman–Crippen LogP) is 3.29. The smallest absolute Gasteiger partial charge is 0.354 e. The van der Waals surface area contributed by atoms with E-state index in [9.17, 15) is 18.8 Å². The van der Waals surface area contributed by atoms with Gasteiger partial charge in [-0.25, -0.2) is 9.18 Å². The van der Waals surface area contributed by atoms with E-state index in [4.69, 9.17) is 4.74 Å². The van der Waals surface area contributed by atoms with Crippen LogP contribution in [0.2, 0.25) is 0 Å². The van der Waals surface area contributed by atoms with Crippen molar-refractivity contribution in [1.82, 2.24) is 9.88 Å². The summed E-state index contributed by atoms with van der Waals surface area (Å²) < 4.78 is 17.8.